The summed E-state index contributed by atoms with van der Waals surface area (Å²) in [4.78, 5) is 0. The van der Waals surface area contributed by atoms with Crippen LogP contribution in [-0.2, 0) is 0 Å². The van der Waals surface area contributed by atoms with E-state index in [1.54, 1.807) is 18.2 Å². The van der Waals surface area contributed by atoms with E-state index in [0.29, 0.717) is 5.30 Å². The molecule has 0 saturated heterocycles. The molecule has 0 aliphatic rings. The fraction of sp³-hybridized carbons (Fsp3) is 0. The van der Waals surface area contributed by atoms with E-state index < -0.39 is 5.82 Å². The summed E-state index contributed by atoms with van der Waals surface area (Å²) in [5.74, 6) is -0.463. The Morgan fingerprint density at radius 3 is 2.60 bits per heavy atom. The first-order valence-electron chi connectivity index (χ1n) is 2.70. The topological polar surface area (TPSA) is 23.8 Å². The highest BCUT2D eigenvalue weighted by Crippen LogP contribution is 2.04. The van der Waals surface area contributed by atoms with Crippen LogP contribution in [0, 0.1) is 17.1 Å². The Morgan fingerprint density at radius 1 is 1.50 bits per heavy atom. The zero-order valence-electron chi connectivity index (χ0n) is 5.13. The van der Waals surface area contributed by atoms with Crippen molar-refractivity contribution in [1.29, 1.82) is 5.26 Å². The van der Waals surface area contributed by atoms with Crippen LogP contribution in [0.25, 0.3) is 0 Å². The Balaban J connectivity index is 3.34. The van der Waals surface area contributed by atoms with Crippen LogP contribution >= 0.6 is 9.24 Å². The third-order valence-corrected chi connectivity index (χ3v) is 1.64. The molecule has 0 spiro atoms. The monoisotopic (exact) mass is 153 g/mol. The lowest BCUT2D eigenvalue weighted by Crippen LogP contribution is -1.99. The Labute approximate surface area is 60.7 Å². The van der Waals surface area contributed by atoms with Crippen molar-refractivity contribution in [3.05, 3.63) is 29.6 Å². The maximum Gasteiger partial charge on any atom is 0.141 e. The molecule has 0 aliphatic heterocycles. The third-order valence-electron chi connectivity index (χ3n) is 1.16. The van der Waals surface area contributed by atoms with E-state index in [2.05, 4.69) is 9.24 Å². The average molecular weight is 153 g/mol. The number of rotatable bonds is 0. The van der Waals surface area contributed by atoms with E-state index in [1.165, 1.54) is 6.07 Å². The number of halogens is 1. The van der Waals surface area contributed by atoms with E-state index in [9.17, 15) is 4.39 Å². The van der Waals surface area contributed by atoms with Gasteiger partial charge < -0.3 is 0 Å². The molecule has 50 valence electrons. The molecule has 0 aromatic heterocycles. The number of benzene rings is 1. The summed E-state index contributed by atoms with van der Waals surface area (Å²) >= 11 is 0. The van der Waals surface area contributed by atoms with Gasteiger partial charge in [-0.1, -0.05) is 12.1 Å². The SMILES string of the molecule is N#Cc1c(F)cccc1P. The van der Waals surface area contributed by atoms with E-state index in [1.807, 2.05) is 0 Å². The quantitative estimate of drug-likeness (QED) is 0.513. The van der Waals surface area contributed by atoms with Crippen molar-refractivity contribution in [3.63, 3.8) is 0 Å². The van der Waals surface area contributed by atoms with Crippen molar-refractivity contribution in [2.75, 3.05) is 0 Å². The molecule has 0 aliphatic carbocycles. The van der Waals surface area contributed by atoms with E-state index in [0.717, 1.165) is 0 Å². The molecule has 0 radical (unpaired) electrons. The molecular formula is C7H5FNP. The second kappa shape index (κ2) is 2.77. The Hall–Kier alpha value is -0.930. The molecule has 1 aromatic rings. The fourth-order valence-corrected chi connectivity index (χ4v) is 0.972. The smallest absolute Gasteiger partial charge is 0.141 e. The third kappa shape index (κ3) is 1.15. The molecule has 0 N–H and O–H groups in total. The number of hydrogen-bond acceptors (Lipinski definition) is 1. The Bertz CT molecular complexity index is 270. The molecule has 0 saturated carbocycles. The number of hydrogen-bond donors (Lipinski definition) is 0. The van der Waals surface area contributed by atoms with Gasteiger partial charge >= 0.3 is 0 Å². The van der Waals surface area contributed by atoms with Gasteiger partial charge in [-0.2, -0.15) is 5.26 Å². The summed E-state index contributed by atoms with van der Waals surface area (Å²) < 4.78 is 12.6. The van der Waals surface area contributed by atoms with E-state index >= 15 is 0 Å². The Morgan fingerprint density at radius 2 is 2.20 bits per heavy atom. The summed E-state index contributed by atoms with van der Waals surface area (Å²) in [6, 6.07) is 6.28. The lowest BCUT2D eigenvalue weighted by molar-refractivity contribution is 0.625. The molecule has 1 rings (SSSR count). The van der Waals surface area contributed by atoms with Crippen molar-refractivity contribution in [3.8, 4) is 6.07 Å². The first-order chi connectivity index (χ1) is 4.75. The molecule has 1 aromatic carbocycles. The summed E-state index contributed by atoms with van der Waals surface area (Å²) in [6.07, 6.45) is 0. The second-order valence-corrected chi connectivity index (χ2v) is 2.44. The van der Waals surface area contributed by atoms with Gasteiger partial charge in [0.05, 0.1) is 5.56 Å². The molecule has 1 atom stereocenters. The highest BCUT2D eigenvalue weighted by atomic mass is 31.0. The summed E-state index contributed by atoms with van der Waals surface area (Å²) in [7, 11) is 2.30. The van der Waals surface area contributed by atoms with Crippen molar-refractivity contribution in [2.45, 2.75) is 0 Å². The Kier molecular flexibility index (Phi) is 1.99. The van der Waals surface area contributed by atoms with Crippen molar-refractivity contribution in [1.82, 2.24) is 0 Å². The highest BCUT2D eigenvalue weighted by molar-refractivity contribution is 7.27. The fourth-order valence-electron chi connectivity index (χ4n) is 0.659. The van der Waals surface area contributed by atoms with E-state index in [4.69, 9.17) is 5.26 Å². The first-order valence-corrected chi connectivity index (χ1v) is 3.27. The minimum Gasteiger partial charge on any atom is -0.206 e. The van der Waals surface area contributed by atoms with Gasteiger partial charge in [0, 0.05) is 0 Å². The molecular weight excluding hydrogens is 148 g/mol. The van der Waals surface area contributed by atoms with Crippen LogP contribution in [-0.4, -0.2) is 0 Å². The molecule has 1 unspecified atom stereocenters. The first kappa shape index (κ1) is 7.18. The van der Waals surface area contributed by atoms with Gasteiger partial charge in [0.25, 0.3) is 0 Å². The van der Waals surface area contributed by atoms with Crippen molar-refractivity contribution in [2.24, 2.45) is 0 Å². The minimum absolute atomic E-state index is 0.104. The molecule has 0 bridgehead atoms. The van der Waals surface area contributed by atoms with Crippen molar-refractivity contribution < 1.29 is 4.39 Å². The maximum atomic E-state index is 12.6. The highest BCUT2D eigenvalue weighted by Gasteiger charge is 2.01. The molecule has 0 fully saturated rings. The summed E-state index contributed by atoms with van der Waals surface area (Å²) in [6.45, 7) is 0. The summed E-state index contributed by atoms with van der Waals surface area (Å²) in [5.41, 5.74) is 0.104. The predicted octanol–water partition coefficient (Wildman–Crippen LogP) is 1.20. The van der Waals surface area contributed by atoms with Crippen LogP contribution < -0.4 is 5.30 Å². The molecule has 1 nitrogen and oxygen atoms in total. The molecule has 3 heteroatoms. The normalized spacial score (nSPS) is 8.90. The van der Waals surface area contributed by atoms with Gasteiger partial charge in [0.2, 0.25) is 0 Å². The van der Waals surface area contributed by atoms with Gasteiger partial charge in [-0.25, -0.2) is 4.39 Å². The van der Waals surface area contributed by atoms with Gasteiger partial charge in [0.1, 0.15) is 11.9 Å². The van der Waals surface area contributed by atoms with Crippen LogP contribution in [0.2, 0.25) is 0 Å². The minimum atomic E-state index is -0.463. The predicted molar refractivity (Wildman–Crippen MR) is 40.5 cm³/mol. The van der Waals surface area contributed by atoms with Gasteiger partial charge in [0.15, 0.2) is 0 Å². The van der Waals surface area contributed by atoms with Gasteiger partial charge in [-0.15, -0.1) is 9.24 Å². The standard InChI is InChI=1S/C7H5FNP/c8-6-2-1-3-7(10)5(6)4-9/h1-3H,10H2. The van der Waals surface area contributed by atoms with Crippen LogP contribution in [0.4, 0.5) is 4.39 Å². The van der Waals surface area contributed by atoms with Gasteiger partial charge in [-0.05, 0) is 11.4 Å². The van der Waals surface area contributed by atoms with Crippen LogP contribution in [0.1, 0.15) is 5.56 Å². The average Bonchev–Trinajstić information content (AvgIpc) is 1.88. The van der Waals surface area contributed by atoms with Crippen LogP contribution in [0.3, 0.4) is 0 Å². The number of nitrogens with zero attached hydrogens (tertiary/aromatic N) is 1. The summed E-state index contributed by atoms with van der Waals surface area (Å²) in [5, 5.41) is 9.00. The molecule has 0 heterocycles. The van der Waals surface area contributed by atoms with Crippen molar-refractivity contribution >= 4 is 14.5 Å². The largest absolute Gasteiger partial charge is 0.206 e. The lowest BCUT2D eigenvalue weighted by atomic mass is 10.2. The van der Waals surface area contributed by atoms with E-state index in [-0.39, 0.29) is 5.56 Å². The molecule has 10 heavy (non-hydrogen) atoms. The second-order valence-electron chi connectivity index (χ2n) is 1.82. The zero-order valence-corrected chi connectivity index (χ0v) is 6.29. The van der Waals surface area contributed by atoms with Crippen LogP contribution in [0.5, 0.6) is 0 Å². The molecule has 0 amide bonds. The van der Waals surface area contributed by atoms with Crippen LogP contribution in [0.15, 0.2) is 18.2 Å². The number of nitriles is 1. The maximum absolute atomic E-state index is 12.6. The zero-order chi connectivity index (χ0) is 7.56. The van der Waals surface area contributed by atoms with Gasteiger partial charge in [-0.3, -0.25) is 0 Å². The lowest BCUT2D eigenvalue weighted by Gasteiger charge is -1.94.